The Morgan fingerprint density at radius 3 is 2.32 bits per heavy atom. The van der Waals surface area contributed by atoms with Gasteiger partial charge in [-0.05, 0) is 30.7 Å². The van der Waals surface area contributed by atoms with Gasteiger partial charge in [-0.3, -0.25) is 9.10 Å². The maximum atomic E-state index is 11.8. The average molecular weight is 284 g/mol. The summed E-state index contributed by atoms with van der Waals surface area (Å²) < 4.78 is 23.9. The van der Waals surface area contributed by atoms with E-state index in [1.54, 1.807) is 24.3 Å². The summed E-state index contributed by atoms with van der Waals surface area (Å²) in [6.45, 7) is 2.71. The van der Waals surface area contributed by atoms with Crippen molar-refractivity contribution in [2.75, 3.05) is 24.2 Å². The number of sulfonamides is 1. The molecule has 1 aromatic carbocycles. The number of benzene rings is 1. The number of carbonyl (C=O) groups is 1. The van der Waals surface area contributed by atoms with Crippen molar-refractivity contribution in [3.05, 3.63) is 29.8 Å². The molecule has 0 unspecified atom stereocenters. The minimum atomic E-state index is -3.27. The smallest absolute Gasteiger partial charge is 0.251 e. The second kappa shape index (κ2) is 6.56. The van der Waals surface area contributed by atoms with Crippen molar-refractivity contribution in [2.45, 2.75) is 19.8 Å². The van der Waals surface area contributed by atoms with Crippen LogP contribution in [0.15, 0.2) is 24.3 Å². The van der Waals surface area contributed by atoms with E-state index in [2.05, 4.69) is 12.2 Å². The summed E-state index contributed by atoms with van der Waals surface area (Å²) in [5.74, 6) is -0.137. The molecule has 0 radical (unpaired) electrons. The van der Waals surface area contributed by atoms with E-state index in [-0.39, 0.29) is 5.91 Å². The van der Waals surface area contributed by atoms with Crippen LogP contribution in [0, 0.1) is 0 Å². The molecule has 0 aliphatic carbocycles. The van der Waals surface area contributed by atoms with Gasteiger partial charge in [0, 0.05) is 19.2 Å². The van der Waals surface area contributed by atoms with Gasteiger partial charge in [0.2, 0.25) is 10.0 Å². The summed E-state index contributed by atoms with van der Waals surface area (Å²) in [4.78, 5) is 11.8. The van der Waals surface area contributed by atoms with Crippen molar-refractivity contribution in [1.82, 2.24) is 5.32 Å². The number of nitrogens with one attached hydrogen (secondary N) is 1. The molecule has 0 aliphatic rings. The van der Waals surface area contributed by atoms with Crippen LogP contribution in [0.5, 0.6) is 0 Å². The van der Waals surface area contributed by atoms with Crippen molar-refractivity contribution < 1.29 is 13.2 Å². The van der Waals surface area contributed by atoms with Crippen molar-refractivity contribution in [3.63, 3.8) is 0 Å². The van der Waals surface area contributed by atoms with Crippen molar-refractivity contribution in [3.8, 4) is 0 Å². The number of hydrogen-bond acceptors (Lipinski definition) is 3. The van der Waals surface area contributed by atoms with Crippen LogP contribution < -0.4 is 9.62 Å². The van der Waals surface area contributed by atoms with E-state index in [0.717, 1.165) is 19.1 Å². The molecule has 19 heavy (non-hydrogen) atoms. The van der Waals surface area contributed by atoms with Gasteiger partial charge in [-0.15, -0.1) is 0 Å². The first-order valence-corrected chi connectivity index (χ1v) is 8.03. The molecule has 1 rings (SSSR count). The van der Waals surface area contributed by atoms with Crippen LogP contribution in [-0.2, 0) is 10.0 Å². The van der Waals surface area contributed by atoms with E-state index in [4.69, 9.17) is 0 Å². The largest absolute Gasteiger partial charge is 0.352 e. The van der Waals surface area contributed by atoms with Gasteiger partial charge in [-0.2, -0.15) is 0 Å². The molecule has 0 atom stereocenters. The normalized spacial score (nSPS) is 11.1. The Bertz CT molecular complexity index is 523. The van der Waals surface area contributed by atoms with E-state index >= 15 is 0 Å². The highest BCUT2D eigenvalue weighted by Crippen LogP contribution is 2.16. The fourth-order valence-electron chi connectivity index (χ4n) is 1.49. The van der Waals surface area contributed by atoms with Gasteiger partial charge in [0.1, 0.15) is 0 Å². The number of anilines is 1. The zero-order valence-corrected chi connectivity index (χ0v) is 12.3. The third-order valence-corrected chi connectivity index (χ3v) is 4.01. The lowest BCUT2D eigenvalue weighted by atomic mass is 10.2. The lowest BCUT2D eigenvalue weighted by Gasteiger charge is -2.16. The molecule has 0 saturated carbocycles. The summed E-state index contributed by atoms with van der Waals surface area (Å²) in [7, 11) is -1.80. The molecule has 0 saturated heterocycles. The second-order valence-corrected chi connectivity index (χ2v) is 6.40. The monoisotopic (exact) mass is 284 g/mol. The first kappa shape index (κ1) is 15.5. The molecule has 6 heteroatoms. The first-order valence-electron chi connectivity index (χ1n) is 6.18. The number of rotatable bonds is 6. The quantitative estimate of drug-likeness (QED) is 0.807. The van der Waals surface area contributed by atoms with E-state index in [0.29, 0.717) is 17.8 Å². The van der Waals surface area contributed by atoms with Crippen LogP contribution in [-0.4, -0.2) is 34.2 Å². The standard InChI is InChI=1S/C13H20N2O3S/c1-4-5-10-14-13(16)11-6-8-12(9-7-11)15(2)19(3,17)18/h6-9H,4-5,10H2,1-3H3,(H,14,16). The minimum absolute atomic E-state index is 0.137. The molecule has 0 aromatic heterocycles. The Labute approximate surface area is 114 Å². The molecule has 1 N–H and O–H groups in total. The van der Waals surface area contributed by atoms with Crippen LogP contribution in [0.4, 0.5) is 5.69 Å². The maximum absolute atomic E-state index is 11.8. The zero-order valence-electron chi connectivity index (χ0n) is 11.5. The Morgan fingerprint density at radius 2 is 1.84 bits per heavy atom. The molecule has 0 aliphatic heterocycles. The molecule has 0 heterocycles. The number of nitrogens with zero attached hydrogens (tertiary/aromatic N) is 1. The van der Waals surface area contributed by atoms with Gasteiger partial charge in [0.25, 0.3) is 5.91 Å². The van der Waals surface area contributed by atoms with Gasteiger partial charge >= 0.3 is 0 Å². The number of carbonyl (C=O) groups excluding carboxylic acids is 1. The highest BCUT2D eigenvalue weighted by molar-refractivity contribution is 7.92. The molecule has 1 amide bonds. The lowest BCUT2D eigenvalue weighted by molar-refractivity contribution is 0.0953. The molecular weight excluding hydrogens is 264 g/mol. The highest BCUT2D eigenvalue weighted by atomic mass is 32.2. The summed E-state index contributed by atoms with van der Waals surface area (Å²) in [6.07, 6.45) is 3.11. The van der Waals surface area contributed by atoms with Crippen LogP contribution >= 0.6 is 0 Å². The third-order valence-electron chi connectivity index (χ3n) is 2.81. The Kier molecular flexibility index (Phi) is 5.35. The van der Waals surface area contributed by atoms with Gasteiger partial charge in [-0.25, -0.2) is 8.42 Å². The predicted octanol–water partition coefficient (Wildman–Crippen LogP) is 1.61. The first-order chi connectivity index (χ1) is 8.86. The maximum Gasteiger partial charge on any atom is 0.251 e. The van der Waals surface area contributed by atoms with Gasteiger partial charge in [-0.1, -0.05) is 13.3 Å². The van der Waals surface area contributed by atoms with Crippen LogP contribution in [0.3, 0.4) is 0 Å². The van der Waals surface area contributed by atoms with Gasteiger partial charge in [0.05, 0.1) is 11.9 Å². The Hall–Kier alpha value is -1.56. The van der Waals surface area contributed by atoms with Gasteiger partial charge in [0.15, 0.2) is 0 Å². The Morgan fingerprint density at radius 1 is 1.26 bits per heavy atom. The molecular formula is C13H20N2O3S. The molecule has 106 valence electrons. The Balaban J connectivity index is 2.74. The zero-order chi connectivity index (χ0) is 14.5. The van der Waals surface area contributed by atoms with Crippen molar-refractivity contribution in [1.29, 1.82) is 0 Å². The van der Waals surface area contributed by atoms with Gasteiger partial charge < -0.3 is 5.32 Å². The molecule has 0 bridgehead atoms. The van der Waals surface area contributed by atoms with E-state index in [1.165, 1.54) is 11.4 Å². The number of hydrogen-bond donors (Lipinski definition) is 1. The van der Waals surface area contributed by atoms with E-state index in [9.17, 15) is 13.2 Å². The van der Waals surface area contributed by atoms with Crippen molar-refractivity contribution in [2.24, 2.45) is 0 Å². The number of amides is 1. The van der Waals surface area contributed by atoms with E-state index < -0.39 is 10.0 Å². The SMILES string of the molecule is CCCCNC(=O)c1ccc(N(C)S(C)(=O)=O)cc1. The molecule has 0 spiro atoms. The van der Waals surface area contributed by atoms with E-state index in [1.807, 2.05) is 0 Å². The fraction of sp³-hybridized carbons (Fsp3) is 0.462. The van der Waals surface area contributed by atoms with Crippen LogP contribution in [0.2, 0.25) is 0 Å². The third kappa shape index (κ3) is 4.55. The van der Waals surface area contributed by atoms with Crippen LogP contribution in [0.25, 0.3) is 0 Å². The fourth-order valence-corrected chi connectivity index (χ4v) is 2.00. The molecule has 5 nitrogen and oxygen atoms in total. The predicted molar refractivity (Wildman–Crippen MR) is 76.9 cm³/mol. The van der Waals surface area contributed by atoms with Crippen molar-refractivity contribution >= 4 is 21.6 Å². The average Bonchev–Trinajstić information content (AvgIpc) is 2.37. The highest BCUT2D eigenvalue weighted by Gasteiger charge is 2.12. The summed E-state index contributed by atoms with van der Waals surface area (Å²) in [5, 5.41) is 2.81. The summed E-state index contributed by atoms with van der Waals surface area (Å²) in [5.41, 5.74) is 1.06. The second-order valence-electron chi connectivity index (χ2n) is 4.39. The molecule has 1 aromatic rings. The summed E-state index contributed by atoms with van der Waals surface area (Å²) in [6, 6.07) is 6.49. The molecule has 0 fully saturated rings. The van der Waals surface area contributed by atoms with Crippen LogP contribution in [0.1, 0.15) is 30.1 Å². The summed E-state index contributed by atoms with van der Waals surface area (Å²) >= 11 is 0. The topological polar surface area (TPSA) is 66.5 Å². The lowest BCUT2D eigenvalue weighted by Crippen LogP contribution is -2.26. The minimum Gasteiger partial charge on any atom is -0.352 e. The number of unbranched alkanes of at least 4 members (excludes halogenated alkanes) is 1.